The van der Waals surface area contributed by atoms with Crippen molar-refractivity contribution in [3.8, 4) is 22.8 Å². The third-order valence-corrected chi connectivity index (χ3v) is 4.62. The van der Waals surface area contributed by atoms with Crippen LogP contribution in [-0.4, -0.2) is 33.8 Å². The van der Waals surface area contributed by atoms with Crippen molar-refractivity contribution in [2.75, 3.05) is 19.5 Å². The van der Waals surface area contributed by atoms with Crippen molar-refractivity contribution in [3.05, 3.63) is 59.5 Å². The fourth-order valence-corrected chi connectivity index (χ4v) is 3.10. The van der Waals surface area contributed by atoms with Gasteiger partial charge in [-0.1, -0.05) is 0 Å². The third-order valence-electron chi connectivity index (χ3n) is 4.06. The SMILES string of the molecule is COc1ccc(-c2cc(Nc3ccncc3)n3ncc(Br)c3n2)cc1OC. The lowest BCUT2D eigenvalue weighted by Gasteiger charge is -2.12. The highest BCUT2D eigenvalue weighted by molar-refractivity contribution is 9.10. The number of halogens is 1. The van der Waals surface area contributed by atoms with Crippen LogP contribution in [0.15, 0.2) is 59.5 Å². The van der Waals surface area contributed by atoms with Gasteiger partial charge in [-0.3, -0.25) is 4.98 Å². The number of hydrogen-bond donors (Lipinski definition) is 1. The van der Waals surface area contributed by atoms with Crippen LogP contribution in [0.1, 0.15) is 0 Å². The fraction of sp³-hybridized carbons (Fsp3) is 0.105. The fourth-order valence-electron chi connectivity index (χ4n) is 2.75. The Labute approximate surface area is 164 Å². The second-order valence-corrected chi connectivity index (χ2v) is 6.54. The Morgan fingerprint density at radius 1 is 1.00 bits per heavy atom. The van der Waals surface area contributed by atoms with Crippen molar-refractivity contribution in [3.63, 3.8) is 0 Å². The summed E-state index contributed by atoms with van der Waals surface area (Å²) in [6.07, 6.45) is 5.18. The summed E-state index contributed by atoms with van der Waals surface area (Å²) in [6, 6.07) is 11.4. The van der Waals surface area contributed by atoms with Gasteiger partial charge in [0.25, 0.3) is 0 Å². The first-order chi connectivity index (χ1) is 13.2. The predicted octanol–water partition coefficient (Wildman–Crippen LogP) is 4.31. The van der Waals surface area contributed by atoms with Gasteiger partial charge in [-0.25, -0.2) is 4.98 Å². The van der Waals surface area contributed by atoms with E-state index in [1.54, 1.807) is 37.3 Å². The van der Waals surface area contributed by atoms with E-state index in [1.165, 1.54) is 0 Å². The van der Waals surface area contributed by atoms with E-state index in [2.05, 4.69) is 31.3 Å². The van der Waals surface area contributed by atoms with Crippen LogP contribution >= 0.6 is 15.9 Å². The van der Waals surface area contributed by atoms with E-state index in [9.17, 15) is 0 Å². The lowest BCUT2D eigenvalue weighted by atomic mass is 10.1. The molecule has 0 saturated carbocycles. The van der Waals surface area contributed by atoms with E-state index < -0.39 is 0 Å². The van der Waals surface area contributed by atoms with Crippen LogP contribution < -0.4 is 14.8 Å². The normalized spacial score (nSPS) is 10.8. The van der Waals surface area contributed by atoms with Gasteiger partial charge < -0.3 is 14.8 Å². The van der Waals surface area contributed by atoms with Gasteiger partial charge in [0.2, 0.25) is 0 Å². The van der Waals surface area contributed by atoms with Gasteiger partial charge in [0.15, 0.2) is 17.1 Å². The van der Waals surface area contributed by atoms with E-state index in [1.807, 2.05) is 36.4 Å². The summed E-state index contributed by atoms with van der Waals surface area (Å²) in [5, 5.41) is 7.76. The van der Waals surface area contributed by atoms with Gasteiger partial charge in [0, 0.05) is 29.7 Å². The van der Waals surface area contributed by atoms with Crippen LogP contribution in [0.25, 0.3) is 16.9 Å². The van der Waals surface area contributed by atoms with E-state index >= 15 is 0 Å². The maximum absolute atomic E-state index is 5.42. The number of benzene rings is 1. The quantitative estimate of drug-likeness (QED) is 0.513. The van der Waals surface area contributed by atoms with Crippen molar-refractivity contribution < 1.29 is 9.47 Å². The number of aromatic nitrogens is 4. The van der Waals surface area contributed by atoms with Crippen molar-refractivity contribution in [2.24, 2.45) is 0 Å². The van der Waals surface area contributed by atoms with Crippen LogP contribution in [0.3, 0.4) is 0 Å². The molecule has 0 aliphatic rings. The summed E-state index contributed by atoms with van der Waals surface area (Å²) < 4.78 is 13.3. The Morgan fingerprint density at radius 2 is 1.78 bits per heavy atom. The highest BCUT2D eigenvalue weighted by Gasteiger charge is 2.13. The second-order valence-electron chi connectivity index (χ2n) is 5.69. The van der Waals surface area contributed by atoms with E-state index in [0.29, 0.717) is 17.1 Å². The molecule has 1 aromatic carbocycles. The van der Waals surface area contributed by atoms with E-state index in [-0.39, 0.29) is 0 Å². The van der Waals surface area contributed by atoms with Crippen LogP contribution in [0, 0.1) is 0 Å². The molecule has 4 aromatic rings. The zero-order valence-corrected chi connectivity index (χ0v) is 16.3. The highest BCUT2D eigenvalue weighted by Crippen LogP contribution is 2.33. The van der Waals surface area contributed by atoms with Gasteiger partial charge in [-0.05, 0) is 46.3 Å². The van der Waals surface area contributed by atoms with Gasteiger partial charge in [0.1, 0.15) is 5.82 Å². The molecule has 3 aromatic heterocycles. The topological polar surface area (TPSA) is 73.6 Å². The number of nitrogens with one attached hydrogen (secondary N) is 1. The maximum Gasteiger partial charge on any atom is 0.172 e. The summed E-state index contributed by atoms with van der Waals surface area (Å²) >= 11 is 3.52. The molecule has 7 nitrogen and oxygen atoms in total. The number of anilines is 2. The van der Waals surface area contributed by atoms with Gasteiger partial charge >= 0.3 is 0 Å². The van der Waals surface area contributed by atoms with Gasteiger partial charge in [-0.15, -0.1) is 0 Å². The Morgan fingerprint density at radius 3 is 2.52 bits per heavy atom. The summed E-state index contributed by atoms with van der Waals surface area (Å²) in [7, 11) is 3.23. The Balaban J connectivity index is 1.85. The lowest BCUT2D eigenvalue weighted by molar-refractivity contribution is 0.355. The predicted molar refractivity (Wildman–Crippen MR) is 107 cm³/mol. The molecule has 4 rings (SSSR count). The average molecular weight is 426 g/mol. The molecule has 0 aliphatic carbocycles. The molecule has 0 radical (unpaired) electrons. The minimum absolute atomic E-state index is 0.646. The molecule has 0 bridgehead atoms. The molecule has 0 unspecified atom stereocenters. The number of rotatable bonds is 5. The van der Waals surface area contributed by atoms with Crippen molar-refractivity contribution in [2.45, 2.75) is 0 Å². The molecular weight excluding hydrogens is 410 g/mol. The smallest absolute Gasteiger partial charge is 0.172 e. The first kappa shape index (κ1) is 17.3. The maximum atomic E-state index is 5.42. The molecule has 0 atom stereocenters. The molecule has 3 heterocycles. The zero-order chi connectivity index (χ0) is 18.8. The monoisotopic (exact) mass is 425 g/mol. The summed E-state index contributed by atoms with van der Waals surface area (Å²) in [4.78, 5) is 8.79. The average Bonchev–Trinajstić information content (AvgIpc) is 3.09. The molecule has 0 fully saturated rings. The third kappa shape index (κ3) is 3.31. The van der Waals surface area contributed by atoms with Crippen molar-refractivity contribution in [1.29, 1.82) is 0 Å². The van der Waals surface area contributed by atoms with Crippen molar-refractivity contribution in [1.82, 2.24) is 19.6 Å². The summed E-state index contributed by atoms with van der Waals surface area (Å²) in [6.45, 7) is 0. The minimum Gasteiger partial charge on any atom is -0.493 e. The molecular formula is C19H16BrN5O2. The summed E-state index contributed by atoms with van der Waals surface area (Å²) in [5.74, 6) is 2.09. The van der Waals surface area contributed by atoms with Gasteiger partial charge in [-0.2, -0.15) is 9.61 Å². The molecule has 8 heteroatoms. The van der Waals surface area contributed by atoms with Crippen LogP contribution in [0.2, 0.25) is 0 Å². The van der Waals surface area contributed by atoms with Gasteiger partial charge in [0.05, 0.1) is 30.6 Å². The molecule has 0 aliphatic heterocycles. The summed E-state index contributed by atoms with van der Waals surface area (Å²) in [5.41, 5.74) is 3.29. The molecule has 0 saturated heterocycles. The Kier molecular flexibility index (Phi) is 4.64. The molecule has 136 valence electrons. The second kappa shape index (κ2) is 7.24. The molecule has 0 amide bonds. The van der Waals surface area contributed by atoms with Crippen LogP contribution in [-0.2, 0) is 0 Å². The Hall–Kier alpha value is -3.13. The van der Waals surface area contributed by atoms with Crippen molar-refractivity contribution >= 4 is 33.1 Å². The molecule has 1 N–H and O–H groups in total. The first-order valence-corrected chi connectivity index (χ1v) is 8.92. The largest absolute Gasteiger partial charge is 0.493 e. The molecule has 0 spiro atoms. The van der Waals surface area contributed by atoms with Crippen LogP contribution in [0.5, 0.6) is 11.5 Å². The molecule has 27 heavy (non-hydrogen) atoms. The standard InChI is InChI=1S/C19H16BrN5O2/c1-26-16-4-3-12(9-17(16)27-2)15-10-18(23-13-5-7-21-8-6-13)25-19(24-15)14(20)11-22-25/h3-11H,1-2H3,(H,21,23). The highest BCUT2D eigenvalue weighted by atomic mass is 79.9. The lowest BCUT2D eigenvalue weighted by Crippen LogP contribution is -2.02. The number of methoxy groups -OCH3 is 2. The number of pyridine rings is 1. The first-order valence-electron chi connectivity index (χ1n) is 8.13. The number of nitrogens with zero attached hydrogens (tertiary/aromatic N) is 4. The minimum atomic E-state index is 0.646. The van der Waals surface area contributed by atoms with Crippen LogP contribution in [0.4, 0.5) is 11.5 Å². The Bertz CT molecular complexity index is 1100. The van der Waals surface area contributed by atoms with E-state index in [4.69, 9.17) is 14.5 Å². The number of ether oxygens (including phenoxy) is 2. The van der Waals surface area contributed by atoms with E-state index in [0.717, 1.165) is 27.2 Å². The zero-order valence-electron chi connectivity index (χ0n) is 14.7. The number of hydrogen-bond acceptors (Lipinski definition) is 6. The number of fused-ring (bicyclic) bond motifs is 1.